The van der Waals surface area contributed by atoms with Crippen LogP contribution in [0.5, 0.6) is 5.75 Å². The van der Waals surface area contributed by atoms with Crippen molar-refractivity contribution in [2.75, 3.05) is 18.9 Å². The van der Waals surface area contributed by atoms with Crippen LogP contribution in [-0.4, -0.2) is 48.1 Å². The molecule has 0 saturated heterocycles. The molecule has 4 aromatic rings. The number of amides is 1. The van der Waals surface area contributed by atoms with Crippen molar-refractivity contribution in [3.05, 3.63) is 77.1 Å². The van der Waals surface area contributed by atoms with E-state index in [0.29, 0.717) is 36.6 Å². The minimum atomic E-state index is -3.21. The van der Waals surface area contributed by atoms with E-state index in [0.717, 1.165) is 44.9 Å². The lowest BCUT2D eigenvalue weighted by atomic mass is 10.0. The highest BCUT2D eigenvalue weighted by Crippen LogP contribution is 2.32. The molecule has 1 amide bonds. The topological polar surface area (TPSA) is 92.4 Å². The fraction of sp³-hybridized carbons (Fsp3) is 0.231. The number of sulfone groups is 1. The van der Waals surface area contributed by atoms with Gasteiger partial charge in [-0.1, -0.05) is 12.1 Å². The van der Waals surface area contributed by atoms with Crippen LogP contribution in [0.4, 0.5) is 0 Å². The second kappa shape index (κ2) is 7.70. The average Bonchev–Trinajstić information content (AvgIpc) is 3.26. The first kappa shape index (κ1) is 20.9. The number of rotatable bonds is 2. The Bertz CT molecular complexity index is 1570. The summed E-state index contributed by atoms with van der Waals surface area (Å²) >= 11 is 0. The Balaban J connectivity index is 1.30. The second-order valence-electron chi connectivity index (χ2n) is 8.84. The van der Waals surface area contributed by atoms with Gasteiger partial charge in [0.25, 0.3) is 5.91 Å². The molecule has 34 heavy (non-hydrogen) atoms. The monoisotopic (exact) mass is 473 g/mol. The van der Waals surface area contributed by atoms with Crippen LogP contribution in [0.1, 0.15) is 27.3 Å². The van der Waals surface area contributed by atoms with Gasteiger partial charge in [0.05, 0.1) is 28.2 Å². The van der Waals surface area contributed by atoms with Gasteiger partial charge < -0.3 is 14.6 Å². The number of carbonyl (C=O) groups excluding carboxylic acids is 1. The van der Waals surface area contributed by atoms with Crippen molar-refractivity contribution in [1.29, 1.82) is 0 Å². The summed E-state index contributed by atoms with van der Waals surface area (Å²) in [5.41, 5.74) is 6.18. The van der Waals surface area contributed by atoms with Crippen LogP contribution in [0.15, 0.2) is 59.5 Å². The first-order valence-electron chi connectivity index (χ1n) is 11.2. The molecule has 8 heteroatoms. The van der Waals surface area contributed by atoms with E-state index in [4.69, 9.17) is 4.74 Å². The van der Waals surface area contributed by atoms with Crippen molar-refractivity contribution in [1.82, 2.24) is 14.9 Å². The molecule has 0 saturated carbocycles. The maximum Gasteiger partial charge on any atom is 0.254 e. The van der Waals surface area contributed by atoms with Crippen molar-refractivity contribution in [3.63, 3.8) is 0 Å². The van der Waals surface area contributed by atoms with Crippen molar-refractivity contribution in [3.8, 4) is 16.9 Å². The van der Waals surface area contributed by atoms with Crippen LogP contribution in [0, 0.1) is 6.92 Å². The summed E-state index contributed by atoms with van der Waals surface area (Å²) in [6.45, 7) is 3.21. The zero-order valence-corrected chi connectivity index (χ0v) is 19.5. The maximum atomic E-state index is 13.3. The van der Waals surface area contributed by atoms with Crippen LogP contribution >= 0.6 is 0 Å². The van der Waals surface area contributed by atoms with Crippen LogP contribution in [0.2, 0.25) is 0 Å². The van der Waals surface area contributed by atoms with E-state index < -0.39 is 9.84 Å². The Morgan fingerprint density at radius 1 is 1.03 bits per heavy atom. The summed E-state index contributed by atoms with van der Waals surface area (Å²) in [7, 11) is -3.21. The molecule has 0 atom stereocenters. The number of aromatic nitrogens is 2. The summed E-state index contributed by atoms with van der Waals surface area (Å²) in [4.78, 5) is 23.2. The molecule has 0 fully saturated rings. The minimum absolute atomic E-state index is 0.109. The SMILES string of the molecule is Cc1nc2ccc(-c3ccc4c(c3)CN(C(=O)c3ccc5c(c3)CCS5(=O)=O)CCO4)cc2[nH]1. The second-order valence-corrected chi connectivity index (χ2v) is 10.9. The summed E-state index contributed by atoms with van der Waals surface area (Å²) in [6, 6.07) is 17.1. The number of nitrogens with zero attached hydrogens (tertiary/aromatic N) is 2. The Morgan fingerprint density at radius 2 is 1.85 bits per heavy atom. The molecular formula is C26H23N3O4S. The highest BCUT2D eigenvalue weighted by atomic mass is 32.2. The van der Waals surface area contributed by atoms with Crippen LogP contribution in [0.3, 0.4) is 0 Å². The third kappa shape index (κ3) is 3.54. The van der Waals surface area contributed by atoms with Gasteiger partial charge in [0.15, 0.2) is 9.84 Å². The van der Waals surface area contributed by atoms with Gasteiger partial charge >= 0.3 is 0 Å². The van der Waals surface area contributed by atoms with E-state index in [1.807, 2.05) is 31.2 Å². The number of imidazole rings is 1. The molecule has 2 aliphatic heterocycles. The third-order valence-corrected chi connectivity index (χ3v) is 8.35. The molecular weight excluding hydrogens is 450 g/mol. The fourth-order valence-electron chi connectivity index (χ4n) is 4.81. The average molecular weight is 474 g/mol. The molecule has 6 rings (SSSR count). The Morgan fingerprint density at radius 3 is 2.74 bits per heavy atom. The first-order chi connectivity index (χ1) is 16.4. The largest absolute Gasteiger partial charge is 0.491 e. The first-order valence-corrected chi connectivity index (χ1v) is 12.9. The number of aromatic amines is 1. The summed E-state index contributed by atoms with van der Waals surface area (Å²) < 4.78 is 30.2. The molecule has 3 aromatic carbocycles. The fourth-order valence-corrected chi connectivity index (χ4v) is 6.36. The number of hydrogen-bond acceptors (Lipinski definition) is 5. The van der Waals surface area contributed by atoms with Crippen LogP contribution in [0.25, 0.3) is 22.2 Å². The van der Waals surface area contributed by atoms with E-state index in [1.165, 1.54) is 0 Å². The summed E-state index contributed by atoms with van der Waals surface area (Å²) in [5, 5.41) is 0. The molecule has 1 N–H and O–H groups in total. The highest BCUT2D eigenvalue weighted by Gasteiger charge is 2.28. The molecule has 1 aromatic heterocycles. The van der Waals surface area contributed by atoms with Gasteiger partial charge in [0, 0.05) is 17.7 Å². The van der Waals surface area contributed by atoms with Gasteiger partial charge in [0.1, 0.15) is 18.2 Å². The Labute approximate surface area is 197 Å². The normalized spacial score (nSPS) is 16.6. The number of hydrogen-bond donors (Lipinski definition) is 1. The maximum absolute atomic E-state index is 13.3. The zero-order valence-electron chi connectivity index (χ0n) is 18.7. The molecule has 0 radical (unpaired) electrons. The van der Waals surface area contributed by atoms with E-state index in [-0.39, 0.29) is 11.7 Å². The zero-order chi connectivity index (χ0) is 23.4. The molecule has 0 spiro atoms. The van der Waals surface area contributed by atoms with Gasteiger partial charge in [-0.3, -0.25) is 4.79 Å². The predicted octanol–water partition coefficient (Wildman–Crippen LogP) is 3.90. The van der Waals surface area contributed by atoms with E-state index in [2.05, 4.69) is 22.1 Å². The standard InChI is InChI=1S/C26H23N3O4S/c1-16-27-22-5-2-18(14-23(22)28-16)17-3-6-24-21(12-17)15-29(9-10-33-24)26(30)20-4-7-25-19(13-20)8-11-34(25,31)32/h2-7,12-14H,8-11,15H2,1H3,(H,27,28). The van der Waals surface area contributed by atoms with Gasteiger partial charge in [-0.25, -0.2) is 13.4 Å². The number of benzene rings is 3. The lowest BCUT2D eigenvalue weighted by Crippen LogP contribution is -2.32. The van der Waals surface area contributed by atoms with Crippen molar-refractivity contribution < 1.29 is 17.9 Å². The summed E-state index contributed by atoms with van der Waals surface area (Å²) in [5.74, 6) is 1.64. The molecule has 0 unspecified atom stereocenters. The van der Waals surface area contributed by atoms with Crippen molar-refractivity contribution in [2.24, 2.45) is 0 Å². The highest BCUT2D eigenvalue weighted by molar-refractivity contribution is 7.91. The van der Waals surface area contributed by atoms with Crippen molar-refractivity contribution in [2.45, 2.75) is 24.8 Å². The third-order valence-electron chi connectivity index (χ3n) is 6.54. The number of ether oxygens (including phenoxy) is 1. The predicted molar refractivity (Wildman–Crippen MR) is 129 cm³/mol. The lowest BCUT2D eigenvalue weighted by molar-refractivity contribution is 0.0733. The molecule has 172 valence electrons. The number of carbonyl (C=O) groups is 1. The molecule has 3 heterocycles. The quantitative estimate of drug-likeness (QED) is 0.477. The van der Waals surface area contributed by atoms with Crippen LogP contribution in [-0.2, 0) is 22.8 Å². The molecule has 7 nitrogen and oxygen atoms in total. The van der Waals surface area contributed by atoms with Crippen LogP contribution < -0.4 is 4.74 Å². The van der Waals surface area contributed by atoms with Gasteiger partial charge in [-0.2, -0.15) is 0 Å². The Kier molecular flexibility index (Phi) is 4.74. The lowest BCUT2D eigenvalue weighted by Gasteiger charge is -2.20. The number of nitrogens with one attached hydrogen (secondary N) is 1. The minimum Gasteiger partial charge on any atom is -0.491 e. The van der Waals surface area contributed by atoms with Crippen molar-refractivity contribution >= 4 is 26.8 Å². The molecule has 0 bridgehead atoms. The van der Waals surface area contributed by atoms with E-state index >= 15 is 0 Å². The van der Waals surface area contributed by atoms with E-state index in [1.54, 1.807) is 23.1 Å². The number of fused-ring (bicyclic) bond motifs is 3. The molecule has 2 aliphatic rings. The number of H-pyrrole nitrogens is 1. The smallest absolute Gasteiger partial charge is 0.254 e. The van der Waals surface area contributed by atoms with Gasteiger partial charge in [-0.15, -0.1) is 0 Å². The van der Waals surface area contributed by atoms with Gasteiger partial charge in [0.2, 0.25) is 0 Å². The Hall–Kier alpha value is -3.65. The summed E-state index contributed by atoms with van der Waals surface area (Å²) in [6.07, 6.45) is 0.453. The molecule has 0 aliphatic carbocycles. The van der Waals surface area contributed by atoms with E-state index in [9.17, 15) is 13.2 Å². The van der Waals surface area contributed by atoms with Gasteiger partial charge in [-0.05, 0) is 72.5 Å². The number of aryl methyl sites for hydroxylation is 2.